The topological polar surface area (TPSA) is 79.5 Å². The number of aryl methyl sites for hydroxylation is 1. The fraction of sp³-hybridized carbons (Fsp3) is 0.538. The Morgan fingerprint density at radius 1 is 1.56 bits per heavy atom. The molecule has 0 atom stereocenters. The fourth-order valence-corrected chi connectivity index (χ4v) is 2.03. The summed E-state index contributed by atoms with van der Waals surface area (Å²) in [7, 11) is 0. The Labute approximate surface area is 107 Å². The number of nitrogen functional groups attached to an aromatic ring is 1. The van der Waals surface area contributed by atoms with Crippen molar-refractivity contribution in [3.63, 3.8) is 0 Å². The van der Waals surface area contributed by atoms with Crippen LogP contribution in [-0.2, 0) is 6.42 Å². The monoisotopic (exact) mass is 249 g/mol. The van der Waals surface area contributed by atoms with Crippen molar-refractivity contribution in [2.24, 2.45) is 0 Å². The number of aliphatic hydroxyl groups excluding tert-OH is 1. The van der Waals surface area contributed by atoms with Crippen LogP contribution in [0.15, 0.2) is 12.1 Å². The van der Waals surface area contributed by atoms with Crippen molar-refractivity contribution in [2.75, 3.05) is 18.9 Å². The van der Waals surface area contributed by atoms with Crippen LogP contribution in [0.5, 0.6) is 0 Å². The Morgan fingerprint density at radius 2 is 2.28 bits per heavy atom. The van der Waals surface area contributed by atoms with Gasteiger partial charge in [0.2, 0.25) is 0 Å². The molecule has 1 aliphatic rings. The van der Waals surface area contributed by atoms with E-state index in [0.29, 0.717) is 17.9 Å². The molecule has 0 unspecified atom stereocenters. The van der Waals surface area contributed by atoms with Crippen molar-refractivity contribution in [2.45, 2.75) is 32.2 Å². The van der Waals surface area contributed by atoms with E-state index in [0.717, 1.165) is 25.0 Å². The van der Waals surface area contributed by atoms with E-state index in [2.05, 4.69) is 4.98 Å². The number of anilines is 1. The molecule has 1 aliphatic carbocycles. The van der Waals surface area contributed by atoms with Crippen LogP contribution in [0.2, 0.25) is 0 Å². The van der Waals surface area contributed by atoms with Gasteiger partial charge in [0.1, 0.15) is 5.82 Å². The van der Waals surface area contributed by atoms with Crippen molar-refractivity contribution >= 4 is 11.7 Å². The lowest BCUT2D eigenvalue weighted by Gasteiger charge is -2.21. The van der Waals surface area contributed by atoms with Crippen molar-refractivity contribution in [3.8, 4) is 0 Å². The van der Waals surface area contributed by atoms with Crippen molar-refractivity contribution in [1.29, 1.82) is 0 Å². The van der Waals surface area contributed by atoms with Gasteiger partial charge in [0.25, 0.3) is 5.91 Å². The Kier molecular flexibility index (Phi) is 3.81. The first kappa shape index (κ1) is 12.8. The molecule has 0 aliphatic heterocycles. The molecule has 18 heavy (non-hydrogen) atoms. The van der Waals surface area contributed by atoms with Gasteiger partial charge in [-0.3, -0.25) is 4.79 Å². The van der Waals surface area contributed by atoms with Gasteiger partial charge in [-0.25, -0.2) is 4.98 Å². The second kappa shape index (κ2) is 5.35. The lowest BCUT2D eigenvalue weighted by atomic mass is 10.1. The number of nitrogens with two attached hydrogens (primary N) is 1. The van der Waals surface area contributed by atoms with Gasteiger partial charge in [-0.05, 0) is 31.4 Å². The maximum atomic E-state index is 12.4. The summed E-state index contributed by atoms with van der Waals surface area (Å²) in [6, 6.07) is 3.67. The zero-order chi connectivity index (χ0) is 13.1. The van der Waals surface area contributed by atoms with Gasteiger partial charge in [-0.15, -0.1) is 0 Å². The van der Waals surface area contributed by atoms with Crippen LogP contribution in [0, 0.1) is 0 Å². The fourth-order valence-electron chi connectivity index (χ4n) is 2.03. The molecule has 5 nitrogen and oxygen atoms in total. The van der Waals surface area contributed by atoms with Gasteiger partial charge in [-0.2, -0.15) is 0 Å². The Balaban J connectivity index is 2.23. The molecule has 1 fully saturated rings. The summed E-state index contributed by atoms with van der Waals surface area (Å²) in [5.41, 5.74) is 7.09. The van der Waals surface area contributed by atoms with Crippen LogP contribution in [0.4, 0.5) is 5.82 Å². The van der Waals surface area contributed by atoms with Crippen molar-refractivity contribution < 1.29 is 9.90 Å². The number of amides is 1. The molecule has 3 N–H and O–H groups in total. The summed E-state index contributed by atoms with van der Waals surface area (Å²) in [5.74, 6) is 0.313. The van der Waals surface area contributed by atoms with Gasteiger partial charge in [0, 0.05) is 23.8 Å². The van der Waals surface area contributed by atoms with Gasteiger partial charge < -0.3 is 15.7 Å². The molecule has 2 rings (SSSR count). The van der Waals surface area contributed by atoms with E-state index in [4.69, 9.17) is 10.8 Å². The highest BCUT2D eigenvalue weighted by atomic mass is 16.3. The molecule has 0 aromatic carbocycles. The highest BCUT2D eigenvalue weighted by Crippen LogP contribution is 2.28. The maximum absolute atomic E-state index is 12.4. The van der Waals surface area contributed by atoms with Crippen LogP contribution in [0.3, 0.4) is 0 Å². The standard InChI is InChI=1S/C13H19N3O2/c1-2-10-7-9(8-12(14)15-10)13(18)16(5-6-17)11-3-4-11/h7-8,11,17H,2-6H2,1H3,(H2,14,15). The smallest absolute Gasteiger partial charge is 0.254 e. The molecule has 98 valence electrons. The van der Waals surface area contributed by atoms with E-state index in [1.807, 2.05) is 6.92 Å². The third-order valence-electron chi connectivity index (χ3n) is 3.10. The van der Waals surface area contributed by atoms with Crippen LogP contribution in [-0.4, -0.2) is 40.1 Å². The molecule has 0 saturated heterocycles. The zero-order valence-electron chi connectivity index (χ0n) is 10.6. The lowest BCUT2D eigenvalue weighted by Crippen LogP contribution is -2.35. The van der Waals surface area contributed by atoms with Crippen LogP contribution >= 0.6 is 0 Å². The largest absolute Gasteiger partial charge is 0.395 e. The number of carbonyl (C=O) groups is 1. The number of hydrogen-bond acceptors (Lipinski definition) is 4. The molecule has 1 aromatic heterocycles. The van der Waals surface area contributed by atoms with E-state index < -0.39 is 0 Å². The average molecular weight is 249 g/mol. The molecule has 1 amide bonds. The molecular weight excluding hydrogens is 230 g/mol. The molecule has 0 spiro atoms. The quantitative estimate of drug-likeness (QED) is 0.809. The summed E-state index contributed by atoms with van der Waals surface area (Å²) in [6.45, 7) is 2.35. The highest BCUT2D eigenvalue weighted by Gasteiger charge is 2.32. The van der Waals surface area contributed by atoms with E-state index in [-0.39, 0.29) is 18.6 Å². The molecule has 1 aromatic rings. The number of rotatable bonds is 5. The van der Waals surface area contributed by atoms with E-state index >= 15 is 0 Å². The predicted molar refractivity (Wildman–Crippen MR) is 69.2 cm³/mol. The molecule has 0 radical (unpaired) electrons. The summed E-state index contributed by atoms with van der Waals surface area (Å²) in [5, 5.41) is 9.03. The Hall–Kier alpha value is -1.62. The van der Waals surface area contributed by atoms with Crippen LogP contribution in [0.25, 0.3) is 0 Å². The second-order valence-electron chi connectivity index (χ2n) is 4.58. The van der Waals surface area contributed by atoms with Crippen molar-refractivity contribution in [3.05, 3.63) is 23.4 Å². The number of nitrogens with zero attached hydrogens (tertiary/aromatic N) is 2. The summed E-state index contributed by atoms with van der Waals surface area (Å²) < 4.78 is 0. The predicted octanol–water partition coefficient (Wildman–Crippen LogP) is 0.823. The molecule has 1 saturated carbocycles. The third-order valence-corrected chi connectivity index (χ3v) is 3.10. The maximum Gasteiger partial charge on any atom is 0.254 e. The second-order valence-corrected chi connectivity index (χ2v) is 4.58. The van der Waals surface area contributed by atoms with E-state index in [1.165, 1.54) is 0 Å². The van der Waals surface area contributed by atoms with Gasteiger partial charge >= 0.3 is 0 Å². The van der Waals surface area contributed by atoms with E-state index in [1.54, 1.807) is 17.0 Å². The minimum absolute atomic E-state index is 0.0105. The van der Waals surface area contributed by atoms with Crippen LogP contribution in [0.1, 0.15) is 35.8 Å². The van der Waals surface area contributed by atoms with E-state index in [9.17, 15) is 4.79 Å². The number of aromatic nitrogens is 1. The first-order valence-electron chi connectivity index (χ1n) is 6.34. The zero-order valence-corrected chi connectivity index (χ0v) is 10.6. The summed E-state index contributed by atoms with van der Waals surface area (Å²) in [4.78, 5) is 18.3. The van der Waals surface area contributed by atoms with Gasteiger partial charge in [-0.1, -0.05) is 6.92 Å². The average Bonchev–Trinajstić information content (AvgIpc) is 3.18. The number of carbonyl (C=O) groups excluding carboxylic acids is 1. The molecule has 5 heteroatoms. The number of hydrogen-bond donors (Lipinski definition) is 2. The minimum Gasteiger partial charge on any atom is -0.395 e. The third kappa shape index (κ3) is 2.79. The SMILES string of the molecule is CCc1cc(C(=O)N(CCO)C2CC2)cc(N)n1. The number of pyridine rings is 1. The first-order chi connectivity index (χ1) is 8.65. The molecular formula is C13H19N3O2. The summed E-state index contributed by atoms with van der Waals surface area (Å²) >= 11 is 0. The number of aliphatic hydroxyl groups is 1. The normalized spacial score (nSPS) is 14.6. The van der Waals surface area contributed by atoms with Crippen molar-refractivity contribution in [1.82, 2.24) is 9.88 Å². The van der Waals surface area contributed by atoms with Crippen LogP contribution < -0.4 is 5.73 Å². The lowest BCUT2D eigenvalue weighted by molar-refractivity contribution is 0.0707. The van der Waals surface area contributed by atoms with Gasteiger partial charge in [0.05, 0.1) is 6.61 Å². The Bertz CT molecular complexity index is 444. The highest BCUT2D eigenvalue weighted by molar-refractivity contribution is 5.95. The minimum atomic E-state index is -0.0599. The van der Waals surface area contributed by atoms with Gasteiger partial charge in [0.15, 0.2) is 0 Å². The molecule has 0 bridgehead atoms. The molecule has 1 heterocycles. The summed E-state index contributed by atoms with van der Waals surface area (Å²) in [6.07, 6.45) is 2.79. The Morgan fingerprint density at radius 3 is 2.83 bits per heavy atom. The first-order valence-corrected chi connectivity index (χ1v) is 6.34.